The topological polar surface area (TPSA) is 36.4 Å². The lowest BCUT2D eigenvalue weighted by molar-refractivity contribution is -0.132. The van der Waals surface area contributed by atoms with Crippen molar-refractivity contribution in [3.63, 3.8) is 0 Å². The molecule has 118 valence electrons. The molecule has 4 nitrogen and oxygen atoms in total. The highest BCUT2D eigenvalue weighted by Crippen LogP contribution is 2.53. The first kappa shape index (κ1) is 14.5. The van der Waals surface area contributed by atoms with Crippen molar-refractivity contribution < 1.29 is 4.79 Å². The summed E-state index contributed by atoms with van der Waals surface area (Å²) in [5.41, 5.74) is 0.238. The van der Waals surface area contributed by atoms with E-state index in [2.05, 4.69) is 50.6 Å². The normalized spacial score (nSPS) is 32.2. The Balaban J connectivity index is 1.38. The van der Waals surface area contributed by atoms with Crippen LogP contribution < -0.4 is 4.90 Å². The highest BCUT2D eigenvalue weighted by atomic mass is 79.9. The molecule has 1 aromatic heterocycles. The summed E-state index contributed by atoms with van der Waals surface area (Å²) >= 11 is 3.43. The number of halogens is 1. The Labute approximate surface area is 140 Å². The first-order valence-corrected chi connectivity index (χ1v) is 8.88. The number of anilines is 1. The zero-order chi connectivity index (χ0) is 15.5. The van der Waals surface area contributed by atoms with Crippen molar-refractivity contribution in [3.05, 3.63) is 22.8 Å². The van der Waals surface area contributed by atoms with Gasteiger partial charge in [-0.15, -0.1) is 0 Å². The third-order valence-corrected chi connectivity index (χ3v) is 6.11. The van der Waals surface area contributed by atoms with Crippen LogP contribution >= 0.6 is 15.9 Å². The Morgan fingerprint density at radius 1 is 1.23 bits per heavy atom. The number of nitrogens with zero attached hydrogens (tertiary/aromatic N) is 3. The van der Waals surface area contributed by atoms with E-state index in [1.54, 1.807) is 0 Å². The second kappa shape index (κ2) is 4.95. The van der Waals surface area contributed by atoms with Gasteiger partial charge < -0.3 is 9.80 Å². The van der Waals surface area contributed by atoms with Crippen molar-refractivity contribution in [1.29, 1.82) is 0 Å². The number of amides is 1. The second-order valence-electron chi connectivity index (χ2n) is 7.75. The summed E-state index contributed by atoms with van der Waals surface area (Å²) in [7, 11) is 0. The van der Waals surface area contributed by atoms with Crippen LogP contribution in [0, 0.1) is 23.2 Å². The quantitative estimate of drug-likeness (QED) is 0.810. The number of carbonyl (C=O) groups is 1. The number of aromatic nitrogens is 1. The summed E-state index contributed by atoms with van der Waals surface area (Å²) in [6.45, 7) is 8.32. The summed E-state index contributed by atoms with van der Waals surface area (Å²) in [4.78, 5) is 21.5. The average Bonchev–Trinajstić information content (AvgIpc) is 2.82. The molecule has 2 aliphatic heterocycles. The van der Waals surface area contributed by atoms with E-state index in [9.17, 15) is 4.79 Å². The fourth-order valence-electron chi connectivity index (χ4n) is 4.02. The highest BCUT2D eigenvalue weighted by molar-refractivity contribution is 9.10. The molecule has 3 heterocycles. The van der Waals surface area contributed by atoms with Crippen LogP contribution in [0.5, 0.6) is 0 Å². The Kier molecular flexibility index (Phi) is 3.26. The van der Waals surface area contributed by atoms with E-state index < -0.39 is 0 Å². The van der Waals surface area contributed by atoms with Gasteiger partial charge in [0.2, 0.25) is 5.91 Å². The molecule has 0 N–H and O–H groups in total. The summed E-state index contributed by atoms with van der Waals surface area (Å²) in [6.07, 6.45) is 2.92. The van der Waals surface area contributed by atoms with Crippen LogP contribution in [-0.4, -0.2) is 42.0 Å². The number of hydrogen-bond donors (Lipinski definition) is 0. The fourth-order valence-corrected chi connectivity index (χ4v) is 4.26. The lowest BCUT2D eigenvalue weighted by Crippen LogP contribution is -2.35. The zero-order valence-electron chi connectivity index (χ0n) is 13.1. The Hall–Kier alpha value is -1.10. The predicted molar refractivity (Wildman–Crippen MR) is 89.6 cm³/mol. The van der Waals surface area contributed by atoms with Gasteiger partial charge in [-0.25, -0.2) is 4.98 Å². The van der Waals surface area contributed by atoms with Crippen LogP contribution in [0.15, 0.2) is 22.8 Å². The van der Waals surface area contributed by atoms with Gasteiger partial charge in [0.25, 0.3) is 0 Å². The maximum Gasteiger partial charge on any atom is 0.226 e. The molecule has 0 spiro atoms. The second-order valence-corrected chi connectivity index (χ2v) is 8.66. The summed E-state index contributed by atoms with van der Waals surface area (Å²) in [5, 5.41) is 0. The summed E-state index contributed by atoms with van der Waals surface area (Å²) < 4.78 is 1.01. The minimum Gasteiger partial charge on any atom is -0.356 e. The molecule has 4 rings (SSSR count). The number of rotatable bonds is 2. The molecule has 0 radical (unpaired) electrons. The molecule has 0 aromatic carbocycles. The summed E-state index contributed by atoms with van der Waals surface area (Å²) in [5.74, 6) is 2.94. The standard InChI is InChI=1S/C17H22BrN3O/c1-17(2)5-14(17)16(22)21-9-11-7-20(8-12(11)10-21)15-4-3-13(18)6-19-15/h3-4,6,11-12,14H,5,7-10H2,1-2H3. The molecular weight excluding hydrogens is 342 g/mol. The predicted octanol–water partition coefficient (Wildman–Crippen LogP) is 2.78. The van der Waals surface area contributed by atoms with Gasteiger partial charge in [0.05, 0.1) is 0 Å². The minimum absolute atomic E-state index is 0.238. The smallest absolute Gasteiger partial charge is 0.226 e. The number of fused-ring (bicyclic) bond motifs is 1. The first-order chi connectivity index (χ1) is 10.4. The Morgan fingerprint density at radius 2 is 1.86 bits per heavy atom. The number of pyridine rings is 1. The van der Waals surface area contributed by atoms with Crippen molar-refractivity contribution >= 4 is 27.7 Å². The maximum atomic E-state index is 12.5. The van der Waals surface area contributed by atoms with E-state index in [1.165, 1.54) is 0 Å². The lowest BCUT2D eigenvalue weighted by atomic mass is 10.0. The molecule has 1 amide bonds. The Morgan fingerprint density at radius 3 is 2.36 bits per heavy atom. The molecule has 2 saturated heterocycles. The molecule has 3 aliphatic rings. The molecule has 0 bridgehead atoms. The van der Waals surface area contributed by atoms with Gasteiger partial charge in [-0.3, -0.25) is 4.79 Å². The molecular formula is C17H22BrN3O. The van der Waals surface area contributed by atoms with Gasteiger partial charge in [0.15, 0.2) is 0 Å². The van der Waals surface area contributed by atoms with Gasteiger partial charge in [-0.2, -0.15) is 0 Å². The van der Waals surface area contributed by atoms with E-state index in [1.807, 2.05) is 12.3 Å². The van der Waals surface area contributed by atoms with Crippen LogP contribution in [0.3, 0.4) is 0 Å². The lowest BCUT2D eigenvalue weighted by Gasteiger charge is -2.23. The molecule has 3 atom stereocenters. The Bertz CT molecular complexity index is 586. The third-order valence-electron chi connectivity index (χ3n) is 5.65. The van der Waals surface area contributed by atoms with Crippen LogP contribution in [0.4, 0.5) is 5.82 Å². The van der Waals surface area contributed by atoms with Crippen LogP contribution in [0.2, 0.25) is 0 Å². The van der Waals surface area contributed by atoms with E-state index in [4.69, 9.17) is 0 Å². The van der Waals surface area contributed by atoms with Crippen molar-refractivity contribution in [2.45, 2.75) is 20.3 Å². The van der Waals surface area contributed by atoms with Crippen molar-refractivity contribution in [2.24, 2.45) is 23.2 Å². The van der Waals surface area contributed by atoms with Crippen LogP contribution in [0.1, 0.15) is 20.3 Å². The van der Waals surface area contributed by atoms with Gasteiger partial charge in [-0.05, 0) is 39.9 Å². The summed E-state index contributed by atoms with van der Waals surface area (Å²) in [6, 6.07) is 4.11. The van der Waals surface area contributed by atoms with Crippen LogP contribution in [0.25, 0.3) is 0 Å². The monoisotopic (exact) mass is 363 g/mol. The SMILES string of the molecule is CC1(C)CC1C(=O)N1CC2CN(c3ccc(Br)cn3)CC2C1. The fraction of sp³-hybridized carbons (Fsp3) is 0.647. The molecule has 1 saturated carbocycles. The van der Waals surface area contributed by atoms with E-state index >= 15 is 0 Å². The van der Waals surface area contributed by atoms with Gasteiger partial charge in [0, 0.05) is 54.6 Å². The van der Waals surface area contributed by atoms with Crippen molar-refractivity contribution in [1.82, 2.24) is 9.88 Å². The van der Waals surface area contributed by atoms with Crippen molar-refractivity contribution in [3.8, 4) is 0 Å². The number of likely N-dealkylation sites (tertiary alicyclic amines) is 1. The third kappa shape index (κ3) is 2.43. The van der Waals surface area contributed by atoms with Gasteiger partial charge >= 0.3 is 0 Å². The van der Waals surface area contributed by atoms with E-state index in [0.29, 0.717) is 17.7 Å². The largest absolute Gasteiger partial charge is 0.356 e. The van der Waals surface area contributed by atoms with E-state index in [0.717, 1.165) is 42.9 Å². The first-order valence-electron chi connectivity index (χ1n) is 8.09. The number of hydrogen-bond acceptors (Lipinski definition) is 3. The minimum atomic E-state index is 0.238. The molecule has 5 heteroatoms. The van der Waals surface area contributed by atoms with E-state index in [-0.39, 0.29) is 11.3 Å². The average molecular weight is 364 g/mol. The molecule has 3 fully saturated rings. The number of carbonyl (C=O) groups excluding carboxylic acids is 1. The zero-order valence-corrected chi connectivity index (χ0v) is 14.7. The van der Waals surface area contributed by atoms with Gasteiger partial charge in [0.1, 0.15) is 5.82 Å². The maximum absolute atomic E-state index is 12.5. The molecule has 1 aliphatic carbocycles. The van der Waals surface area contributed by atoms with Crippen molar-refractivity contribution in [2.75, 3.05) is 31.1 Å². The van der Waals surface area contributed by atoms with Crippen LogP contribution in [-0.2, 0) is 4.79 Å². The molecule has 3 unspecified atom stereocenters. The molecule has 22 heavy (non-hydrogen) atoms. The highest BCUT2D eigenvalue weighted by Gasteiger charge is 2.54. The molecule has 1 aromatic rings. The van der Waals surface area contributed by atoms with Gasteiger partial charge in [-0.1, -0.05) is 13.8 Å².